The fourth-order valence-electron chi connectivity index (χ4n) is 2.95. The summed E-state index contributed by atoms with van der Waals surface area (Å²) >= 11 is 6.38. The molecule has 3 heterocycles. The zero-order chi connectivity index (χ0) is 18.3. The predicted molar refractivity (Wildman–Crippen MR) is 101 cm³/mol. The minimum atomic E-state index is -0.229. The lowest BCUT2D eigenvalue weighted by Gasteiger charge is -2.09. The van der Waals surface area contributed by atoms with Gasteiger partial charge in [-0.1, -0.05) is 17.7 Å². The van der Waals surface area contributed by atoms with E-state index in [-0.39, 0.29) is 5.91 Å². The highest BCUT2D eigenvalue weighted by atomic mass is 35.5. The third-order valence-electron chi connectivity index (χ3n) is 4.26. The highest BCUT2D eigenvalue weighted by molar-refractivity contribution is 6.34. The average molecular weight is 366 g/mol. The Hall–Kier alpha value is -2.99. The number of carbonyl (C=O) groups is 1. The lowest BCUT2D eigenvalue weighted by atomic mass is 10.0. The van der Waals surface area contributed by atoms with E-state index in [1.54, 1.807) is 36.3 Å². The molecule has 1 N–H and O–H groups in total. The summed E-state index contributed by atoms with van der Waals surface area (Å²) in [5, 5.41) is 3.47. The minimum absolute atomic E-state index is 0.229. The molecule has 4 rings (SSSR count). The first-order valence-corrected chi connectivity index (χ1v) is 8.50. The third-order valence-corrected chi connectivity index (χ3v) is 4.59. The molecule has 130 valence electrons. The van der Waals surface area contributed by atoms with E-state index in [2.05, 4.69) is 26.3 Å². The number of nitrogens with one attached hydrogen (secondary N) is 1. The summed E-state index contributed by atoms with van der Waals surface area (Å²) in [5.41, 5.74) is 4.96. The zero-order valence-corrected chi connectivity index (χ0v) is 15.1. The number of aliphatic imine (C=N–C) groups is 1. The zero-order valence-electron chi connectivity index (χ0n) is 14.3. The summed E-state index contributed by atoms with van der Waals surface area (Å²) in [6, 6.07) is 7.46. The number of pyridine rings is 1. The first-order valence-electron chi connectivity index (χ1n) is 8.12. The van der Waals surface area contributed by atoms with Crippen LogP contribution in [0.4, 0.5) is 11.5 Å². The molecule has 0 aliphatic carbocycles. The Kier molecular flexibility index (Phi) is 4.05. The van der Waals surface area contributed by atoms with Gasteiger partial charge in [0.25, 0.3) is 5.91 Å². The van der Waals surface area contributed by atoms with Crippen LogP contribution in [0.15, 0.2) is 48.0 Å². The van der Waals surface area contributed by atoms with E-state index in [1.165, 1.54) is 6.20 Å². The van der Waals surface area contributed by atoms with Crippen LogP contribution in [0, 0.1) is 6.92 Å². The summed E-state index contributed by atoms with van der Waals surface area (Å²) in [5.74, 6) is 0.498. The number of aryl methyl sites for hydroxylation is 2. The normalized spacial score (nSPS) is 12.7. The van der Waals surface area contributed by atoms with Crippen LogP contribution in [-0.4, -0.2) is 26.2 Å². The Morgan fingerprint density at radius 1 is 1.27 bits per heavy atom. The number of imidazole rings is 1. The molecule has 3 aromatic rings. The lowest BCUT2D eigenvalue weighted by Crippen LogP contribution is -2.15. The van der Waals surface area contributed by atoms with E-state index in [9.17, 15) is 4.79 Å². The van der Waals surface area contributed by atoms with Crippen LogP contribution in [-0.2, 0) is 13.5 Å². The second-order valence-corrected chi connectivity index (χ2v) is 6.68. The summed E-state index contributed by atoms with van der Waals surface area (Å²) in [7, 11) is 1.77. The van der Waals surface area contributed by atoms with Gasteiger partial charge in [-0.25, -0.2) is 15.0 Å². The molecule has 6 nitrogen and oxygen atoms in total. The molecule has 0 fully saturated rings. The van der Waals surface area contributed by atoms with Crippen LogP contribution in [0.3, 0.4) is 0 Å². The lowest BCUT2D eigenvalue weighted by molar-refractivity contribution is 0.101. The summed E-state index contributed by atoms with van der Waals surface area (Å²) in [6.07, 6.45) is 5.58. The molecular formula is C19H16ClN5O. The quantitative estimate of drug-likeness (QED) is 0.769. The summed E-state index contributed by atoms with van der Waals surface area (Å²) < 4.78 is 1.66. The smallest absolute Gasteiger partial charge is 0.273 e. The Morgan fingerprint density at radius 2 is 2.12 bits per heavy atom. The predicted octanol–water partition coefficient (Wildman–Crippen LogP) is 3.71. The average Bonchev–Trinajstić information content (AvgIpc) is 3.22. The Bertz CT molecular complexity index is 1050. The molecular weight excluding hydrogens is 350 g/mol. The minimum Gasteiger partial charge on any atom is -0.330 e. The maximum atomic E-state index is 12.4. The topological polar surface area (TPSA) is 72.2 Å². The molecule has 0 saturated heterocycles. The number of hydrogen-bond acceptors (Lipinski definition) is 4. The van der Waals surface area contributed by atoms with Crippen LogP contribution < -0.4 is 5.32 Å². The number of rotatable bonds is 3. The van der Waals surface area contributed by atoms with Crippen molar-refractivity contribution in [3.63, 3.8) is 0 Å². The molecule has 26 heavy (non-hydrogen) atoms. The second kappa shape index (κ2) is 6.38. The van der Waals surface area contributed by atoms with E-state index in [0.717, 1.165) is 28.2 Å². The maximum Gasteiger partial charge on any atom is 0.273 e. The van der Waals surface area contributed by atoms with Crippen molar-refractivity contribution in [1.82, 2.24) is 14.5 Å². The number of anilines is 1. The Morgan fingerprint density at radius 3 is 2.88 bits per heavy atom. The van der Waals surface area contributed by atoms with Gasteiger partial charge in [-0.05, 0) is 30.7 Å². The van der Waals surface area contributed by atoms with Crippen molar-refractivity contribution in [2.75, 3.05) is 5.32 Å². The van der Waals surface area contributed by atoms with Gasteiger partial charge in [-0.15, -0.1) is 0 Å². The Labute approximate surface area is 155 Å². The molecule has 0 bridgehead atoms. The largest absolute Gasteiger partial charge is 0.330 e. The molecule has 0 radical (unpaired) electrons. The molecule has 1 aromatic carbocycles. The van der Waals surface area contributed by atoms with E-state index >= 15 is 0 Å². The molecule has 0 spiro atoms. The van der Waals surface area contributed by atoms with Crippen LogP contribution in [0.2, 0.25) is 5.02 Å². The van der Waals surface area contributed by atoms with Gasteiger partial charge < -0.3 is 9.88 Å². The molecule has 0 unspecified atom stereocenters. The van der Waals surface area contributed by atoms with Gasteiger partial charge in [-0.3, -0.25) is 4.79 Å². The first-order chi connectivity index (χ1) is 12.5. The maximum absolute atomic E-state index is 12.4. The highest BCUT2D eigenvalue weighted by Gasteiger charge is 2.20. The number of amides is 1. The standard InChI is InChI=1S/C19H16ClN5O/c1-11-5-12-6-16(24-18(12)22-8-11)14-7-13(3-4-15(14)20)23-19(26)17-9-21-10-25(17)2/h3-5,7-10H,6H2,1-2H3,(H,23,26). The van der Waals surface area contributed by atoms with E-state index < -0.39 is 0 Å². The van der Waals surface area contributed by atoms with Gasteiger partial charge in [-0.2, -0.15) is 0 Å². The molecule has 0 atom stereocenters. The van der Waals surface area contributed by atoms with Crippen LogP contribution >= 0.6 is 11.6 Å². The van der Waals surface area contributed by atoms with Crippen molar-refractivity contribution in [1.29, 1.82) is 0 Å². The number of carbonyl (C=O) groups excluding carboxylic acids is 1. The van der Waals surface area contributed by atoms with Crippen molar-refractivity contribution in [3.05, 3.63) is 70.4 Å². The van der Waals surface area contributed by atoms with Gasteiger partial charge in [0, 0.05) is 41.5 Å². The highest BCUT2D eigenvalue weighted by Crippen LogP contribution is 2.31. The SMILES string of the molecule is Cc1cnc2c(c1)CC(c1cc(NC(=O)c3cncn3C)ccc1Cl)=N2. The fraction of sp³-hybridized carbons (Fsp3) is 0.158. The van der Waals surface area contributed by atoms with Crippen molar-refractivity contribution in [2.24, 2.45) is 12.0 Å². The number of aromatic nitrogens is 3. The molecule has 1 aliphatic rings. The van der Waals surface area contributed by atoms with Crippen LogP contribution in [0.5, 0.6) is 0 Å². The number of nitrogens with zero attached hydrogens (tertiary/aromatic N) is 4. The molecule has 1 aliphatic heterocycles. The van der Waals surface area contributed by atoms with Crippen molar-refractivity contribution in [3.8, 4) is 0 Å². The fourth-order valence-corrected chi connectivity index (χ4v) is 3.18. The number of fused-ring (bicyclic) bond motifs is 1. The van der Waals surface area contributed by atoms with Gasteiger partial charge in [0.15, 0.2) is 5.82 Å². The molecule has 1 amide bonds. The second-order valence-electron chi connectivity index (χ2n) is 6.27. The van der Waals surface area contributed by atoms with Gasteiger partial charge in [0.2, 0.25) is 0 Å². The first kappa shape index (κ1) is 16.5. The molecule has 0 saturated carbocycles. The van der Waals surface area contributed by atoms with Gasteiger partial charge in [0.1, 0.15) is 5.69 Å². The van der Waals surface area contributed by atoms with Crippen LogP contribution in [0.1, 0.15) is 27.2 Å². The van der Waals surface area contributed by atoms with Crippen molar-refractivity contribution in [2.45, 2.75) is 13.3 Å². The number of hydrogen-bond donors (Lipinski definition) is 1. The van der Waals surface area contributed by atoms with Gasteiger partial charge >= 0.3 is 0 Å². The summed E-state index contributed by atoms with van der Waals surface area (Å²) in [4.78, 5) is 25.3. The van der Waals surface area contributed by atoms with Crippen molar-refractivity contribution < 1.29 is 4.79 Å². The summed E-state index contributed by atoms with van der Waals surface area (Å²) in [6.45, 7) is 2.01. The van der Waals surface area contributed by atoms with Crippen molar-refractivity contribution >= 4 is 34.7 Å². The van der Waals surface area contributed by atoms with E-state index in [0.29, 0.717) is 22.8 Å². The number of halogens is 1. The van der Waals surface area contributed by atoms with E-state index in [4.69, 9.17) is 11.6 Å². The monoisotopic (exact) mass is 365 g/mol. The van der Waals surface area contributed by atoms with Crippen LogP contribution in [0.25, 0.3) is 0 Å². The third kappa shape index (κ3) is 2.99. The molecule has 2 aromatic heterocycles. The van der Waals surface area contributed by atoms with Gasteiger partial charge in [0.05, 0.1) is 18.2 Å². The number of benzene rings is 1. The molecule has 7 heteroatoms. The van der Waals surface area contributed by atoms with E-state index in [1.807, 2.05) is 13.0 Å². The Balaban J connectivity index is 1.62.